The van der Waals surface area contributed by atoms with Gasteiger partial charge in [0.1, 0.15) is 0 Å². The smallest absolute Gasteiger partial charge is 0.287 e. The lowest BCUT2D eigenvalue weighted by Gasteiger charge is -2.13. The highest BCUT2D eigenvalue weighted by Gasteiger charge is 2.51. The summed E-state index contributed by atoms with van der Waals surface area (Å²) < 4.78 is 51.8. The Balaban J connectivity index is 2.30. The average Bonchev–Trinajstić information content (AvgIpc) is 2.54. The van der Waals surface area contributed by atoms with Crippen molar-refractivity contribution >= 4 is 21.7 Å². The molecule has 0 heterocycles. The quantitative estimate of drug-likeness (QED) is 0.793. The summed E-state index contributed by atoms with van der Waals surface area (Å²) in [5, 5.41) is -4.51. The number of carbonyl (C=O) groups excluding carboxylic acids is 1. The lowest BCUT2D eigenvalue weighted by atomic mass is 10.2. The Kier molecular flexibility index (Phi) is 4.51. The molecule has 0 unspecified atom stereocenters. The Labute approximate surface area is 126 Å². The SMILES string of the molecule is O=C(/C=C/c1ccccc1)C(F)(F)S(=O)(=O)c1ccccc1. The molecule has 2 aromatic rings. The van der Waals surface area contributed by atoms with Gasteiger partial charge in [-0.05, 0) is 23.8 Å². The van der Waals surface area contributed by atoms with Crippen LogP contribution in [-0.4, -0.2) is 19.5 Å². The molecule has 0 fully saturated rings. The third-order valence-corrected chi connectivity index (χ3v) is 4.67. The first-order valence-corrected chi connectivity index (χ1v) is 7.79. The number of allylic oxidation sites excluding steroid dienone is 1. The van der Waals surface area contributed by atoms with Crippen LogP contribution >= 0.6 is 0 Å². The molecule has 0 radical (unpaired) electrons. The highest BCUT2D eigenvalue weighted by atomic mass is 32.2. The predicted molar refractivity (Wildman–Crippen MR) is 79.1 cm³/mol. The topological polar surface area (TPSA) is 51.2 Å². The molecule has 0 saturated carbocycles. The van der Waals surface area contributed by atoms with E-state index in [1.54, 1.807) is 30.3 Å². The van der Waals surface area contributed by atoms with Gasteiger partial charge in [0.15, 0.2) is 0 Å². The summed E-state index contributed by atoms with van der Waals surface area (Å²) in [4.78, 5) is 11.0. The summed E-state index contributed by atoms with van der Waals surface area (Å²) in [5.41, 5.74) is 0.517. The second kappa shape index (κ2) is 6.19. The number of rotatable bonds is 5. The van der Waals surface area contributed by atoms with Gasteiger partial charge >= 0.3 is 5.25 Å². The van der Waals surface area contributed by atoms with Gasteiger partial charge in [-0.3, -0.25) is 4.79 Å². The molecule has 0 aliphatic carbocycles. The fourth-order valence-electron chi connectivity index (χ4n) is 1.71. The fraction of sp³-hybridized carbons (Fsp3) is 0.0625. The molecule has 0 atom stereocenters. The third kappa shape index (κ3) is 3.12. The summed E-state index contributed by atoms with van der Waals surface area (Å²) in [7, 11) is -5.08. The molecule has 0 bridgehead atoms. The van der Waals surface area contributed by atoms with Crippen LogP contribution in [0.5, 0.6) is 0 Å². The normalized spacial score (nSPS) is 12.5. The second-order valence-electron chi connectivity index (χ2n) is 4.44. The van der Waals surface area contributed by atoms with Crippen molar-refractivity contribution in [3.8, 4) is 0 Å². The second-order valence-corrected chi connectivity index (χ2v) is 6.43. The minimum Gasteiger partial charge on any atom is -0.287 e. The molecule has 2 rings (SSSR count). The molecule has 0 spiro atoms. The Morgan fingerprint density at radius 2 is 1.41 bits per heavy atom. The standard InChI is InChI=1S/C16H12F2O3S/c17-16(18,22(20,21)14-9-5-2-6-10-14)15(19)12-11-13-7-3-1-4-8-13/h1-12H/b12-11+. The van der Waals surface area contributed by atoms with E-state index in [-0.39, 0.29) is 0 Å². The molecule has 0 aromatic heterocycles. The van der Waals surface area contributed by atoms with E-state index < -0.39 is 25.8 Å². The first-order valence-electron chi connectivity index (χ1n) is 6.31. The van der Waals surface area contributed by atoms with Crippen molar-refractivity contribution in [3.05, 3.63) is 72.3 Å². The summed E-state index contributed by atoms with van der Waals surface area (Å²) in [5.74, 6) is -1.78. The lowest BCUT2D eigenvalue weighted by Crippen LogP contribution is -2.36. The summed E-state index contributed by atoms with van der Waals surface area (Å²) >= 11 is 0. The van der Waals surface area contributed by atoms with E-state index in [1.807, 2.05) is 0 Å². The molecule has 2 aromatic carbocycles. The molecule has 22 heavy (non-hydrogen) atoms. The van der Waals surface area contributed by atoms with Crippen molar-refractivity contribution < 1.29 is 22.0 Å². The summed E-state index contributed by atoms with van der Waals surface area (Å²) in [6.45, 7) is 0. The van der Waals surface area contributed by atoms with Crippen LogP contribution in [0.4, 0.5) is 8.78 Å². The van der Waals surface area contributed by atoms with Gasteiger partial charge in [0.2, 0.25) is 5.78 Å². The molecular formula is C16H12F2O3S. The van der Waals surface area contributed by atoms with Crippen LogP contribution in [0.15, 0.2) is 71.6 Å². The van der Waals surface area contributed by atoms with Crippen molar-refractivity contribution in [2.45, 2.75) is 10.2 Å². The van der Waals surface area contributed by atoms with Gasteiger partial charge in [-0.1, -0.05) is 54.6 Å². The van der Waals surface area contributed by atoms with E-state index in [0.29, 0.717) is 11.6 Å². The molecule has 114 valence electrons. The third-order valence-electron chi connectivity index (χ3n) is 2.90. The number of alkyl halides is 2. The van der Waals surface area contributed by atoms with Gasteiger partial charge < -0.3 is 0 Å². The molecule has 6 heteroatoms. The van der Waals surface area contributed by atoms with Crippen molar-refractivity contribution in [2.75, 3.05) is 0 Å². The predicted octanol–water partition coefficient (Wildman–Crippen LogP) is 3.34. The molecule has 3 nitrogen and oxygen atoms in total. The largest absolute Gasteiger partial charge is 0.410 e. The molecule has 0 aliphatic rings. The van der Waals surface area contributed by atoms with Gasteiger partial charge in [-0.15, -0.1) is 0 Å². The van der Waals surface area contributed by atoms with Crippen molar-refractivity contribution in [2.24, 2.45) is 0 Å². The minimum atomic E-state index is -5.08. The van der Waals surface area contributed by atoms with Gasteiger partial charge in [0.25, 0.3) is 9.84 Å². The van der Waals surface area contributed by atoms with Crippen molar-refractivity contribution in [1.82, 2.24) is 0 Å². The minimum absolute atomic E-state index is 0.517. The van der Waals surface area contributed by atoms with Gasteiger partial charge in [-0.2, -0.15) is 8.78 Å². The fourth-order valence-corrected chi connectivity index (χ4v) is 2.86. The Morgan fingerprint density at radius 3 is 1.95 bits per heavy atom. The highest BCUT2D eigenvalue weighted by Crippen LogP contribution is 2.30. The molecular weight excluding hydrogens is 310 g/mol. The van der Waals surface area contributed by atoms with Crippen LogP contribution < -0.4 is 0 Å². The van der Waals surface area contributed by atoms with E-state index in [9.17, 15) is 22.0 Å². The number of benzene rings is 2. The summed E-state index contributed by atoms with van der Waals surface area (Å²) in [6, 6.07) is 14.4. The van der Waals surface area contributed by atoms with E-state index >= 15 is 0 Å². The molecule has 0 aliphatic heterocycles. The molecule has 0 N–H and O–H groups in total. The highest BCUT2D eigenvalue weighted by molar-refractivity contribution is 7.93. The number of hydrogen-bond acceptors (Lipinski definition) is 3. The molecule has 0 amide bonds. The van der Waals surface area contributed by atoms with E-state index in [2.05, 4.69) is 0 Å². The first kappa shape index (κ1) is 16.0. The van der Waals surface area contributed by atoms with Gasteiger partial charge in [0, 0.05) is 0 Å². The zero-order valence-electron chi connectivity index (χ0n) is 11.3. The number of halogens is 2. The Morgan fingerprint density at radius 1 is 0.909 bits per heavy atom. The maximum absolute atomic E-state index is 14.0. The number of hydrogen-bond donors (Lipinski definition) is 0. The maximum atomic E-state index is 14.0. The Bertz CT molecular complexity index is 783. The zero-order valence-corrected chi connectivity index (χ0v) is 12.1. The van der Waals surface area contributed by atoms with Crippen molar-refractivity contribution in [1.29, 1.82) is 0 Å². The molecule has 0 saturated heterocycles. The van der Waals surface area contributed by atoms with Crippen LogP contribution in [0.2, 0.25) is 0 Å². The number of ketones is 1. The number of sulfone groups is 1. The summed E-state index contributed by atoms with van der Waals surface area (Å²) in [6.07, 6.45) is 1.73. The van der Waals surface area contributed by atoms with Crippen LogP contribution in [0.3, 0.4) is 0 Å². The van der Waals surface area contributed by atoms with E-state index in [1.165, 1.54) is 18.2 Å². The van der Waals surface area contributed by atoms with Crippen LogP contribution in [0.1, 0.15) is 5.56 Å². The van der Waals surface area contributed by atoms with Gasteiger partial charge in [0.05, 0.1) is 4.90 Å². The van der Waals surface area contributed by atoms with Gasteiger partial charge in [-0.25, -0.2) is 8.42 Å². The van der Waals surface area contributed by atoms with E-state index in [0.717, 1.165) is 18.2 Å². The van der Waals surface area contributed by atoms with E-state index in [4.69, 9.17) is 0 Å². The van der Waals surface area contributed by atoms with Crippen LogP contribution in [-0.2, 0) is 14.6 Å². The Hall–Kier alpha value is -2.34. The number of carbonyl (C=O) groups is 1. The maximum Gasteiger partial charge on any atom is 0.410 e. The van der Waals surface area contributed by atoms with Crippen LogP contribution in [0.25, 0.3) is 6.08 Å². The van der Waals surface area contributed by atoms with Crippen molar-refractivity contribution in [3.63, 3.8) is 0 Å². The van der Waals surface area contributed by atoms with Crippen LogP contribution in [0, 0.1) is 0 Å². The monoisotopic (exact) mass is 322 g/mol. The zero-order chi connectivity index (χ0) is 16.2. The average molecular weight is 322 g/mol. The first-order chi connectivity index (χ1) is 10.4. The lowest BCUT2D eigenvalue weighted by molar-refractivity contribution is -0.128.